The fourth-order valence-corrected chi connectivity index (χ4v) is 1.93. The molecule has 0 spiro atoms. The first-order valence-electron chi connectivity index (χ1n) is 7.85. The summed E-state index contributed by atoms with van der Waals surface area (Å²) in [5.41, 5.74) is 1.46. The van der Waals surface area contributed by atoms with Gasteiger partial charge in [0.05, 0.1) is 0 Å². The lowest BCUT2D eigenvalue weighted by atomic mass is 10.1. The Morgan fingerprint density at radius 2 is 2.05 bits per heavy atom. The number of nitrogens with zero attached hydrogens (tertiary/aromatic N) is 1. The monoisotopic (exact) mass is 299 g/mol. The van der Waals surface area contributed by atoms with Crippen molar-refractivity contribution in [1.82, 2.24) is 10.6 Å². The van der Waals surface area contributed by atoms with Crippen molar-refractivity contribution in [3.63, 3.8) is 0 Å². The predicted octanol–water partition coefficient (Wildman–Crippen LogP) is 2.92. The van der Waals surface area contributed by atoms with Crippen LogP contribution in [0.5, 0.6) is 0 Å². The second-order valence-corrected chi connectivity index (χ2v) is 5.35. The number of unbranched alkanes of at least 4 members (excludes halogenated alkanes) is 1. The molecule has 0 heterocycles. The number of hydrogen-bond donors (Lipinski definition) is 2. The van der Waals surface area contributed by atoms with E-state index < -0.39 is 0 Å². The Kier molecular flexibility index (Phi) is 8.44. The molecule has 1 aromatic rings. The van der Waals surface area contributed by atoms with Crippen molar-refractivity contribution in [2.24, 2.45) is 0 Å². The summed E-state index contributed by atoms with van der Waals surface area (Å²) < 4.78 is 0. The molecular formula is C18H25N3O. The first kappa shape index (κ1) is 17.8. The highest BCUT2D eigenvalue weighted by Gasteiger charge is 2.10. The molecule has 0 aliphatic heterocycles. The molecule has 1 amide bonds. The van der Waals surface area contributed by atoms with Crippen LogP contribution in [0.1, 0.15) is 38.7 Å². The predicted molar refractivity (Wildman–Crippen MR) is 89.0 cm³/mol. The Bertz CT molecular complexity index is 517. The van der Waals surface area contributed by atoms with Crippen molar-refractivity contribution in [3.8, 4) is 6.07 Å². The van der Waals surface area contributed by atoms with Gasteiger partial charge in [-0.2, -0.15) is 5.26 Å². The van der Waals surface area contributed by atoms with Gasteiger partial charge in [-0.15, -0.1) is 0 Å². The average molecular weight is 299 g/mol. The van der Waals surface area contributed by atoms with Crippen LogP contribution in [0.4, 0.5) is 0 Å². The van der Waals surface area contributed by atoms with E-state index in [2.05, 4.69) is 22.8 Å². The number of amides is 1. The van der Waals surface area contributed by atoms with Gasteiger partial charge in [0.25, 0.3) is 5.91 Å². The van der Waals surface area contributed by atoms with Crippen LogP contribution in [0.3, 0.4) is 0 Å². The normalized spacial score (nSPS) is 12.3. The Morgan fingerprint density at radius 1 is 1.32 bits per heavy atom. The molecule has 1 aromatic carbocycles. The van der Waals surface area contributed by atoms with Gasteiger partial charge in [-0.05, 0) is 38.2 Å². The Morgan fingerprint density at radius 3 is 2.68 bits per heavy atom. The molecule has 1 atom stereocenters. The van der Waals surface area contributed by atoms with Crippen LogP contribution in [0.2, 0.25) is 0 Å². The van der Waals surface area contributed by atoms with Gasteiger partial charge in [-0.25, -0.2) is 0 Å². The molecule has 0 fully saturated rings. The Hall–Kier alpha value is -2.28. The fraction of sp³-hybridized carbons (Fsp3) is 0.444. The van der Waals surface area contributed by atoms with E-state index >= 15 is 0 Å². The number of hydrogen-bond acceptors (Lipinski definition) is 3. The maximum atomic E-state index is 11.8. The zero-order valence-corrected chi connectivity index (χ0v) is 13.4. The van der Waals surface area contributed by atoms with Gasteiger partial charge in [-0.1, -0.05) is 37.3 Å². The molecule has 2 N–H and O–H groups in total. The highest BCUT2D eigenvalue weighted by atomic mass is 16.1. The molecule has 0 aromatic heterocycles. The van der Waals surface area contributed by atoms with Crippen LogP contribution < -0.4 is 10.6 Å². The maximum Gasteiger partial charge on any atom is 0.263 e. The van der Waals surface area contributed by atoms with Crippen LogP contribution in [0, 0.1) is 11.3 Å². The molecule has 118 valence electrons. The molecule has 0 bridgehead atoms. The SMILES string of the molecule is CCC(C)NC(=O)/C(C#N)=C\NCCCCc1ccccc1. The van der Waals surface area contributed by atoms with Crippen molar-refractivity contribution >= 4 is 5.91 Å². The van der Waals surface area contributed by atoms with Gasteiger partial charge in [0, 0.05) is 18.8 Å². The van der Waals surface area contributed by atoms with Crippen LogP contribution in [0.15, 0.2) is 42.1 Å². The van der Waals surface area contributed by atoms with Gasteiger partial charge in [0.2, 0.25) is 0 Å². The first-order chi connectivity index (χ1) is 10.7. The summed E-state index contributed by atoms with van der Waals surface area (Å²) in [7, 11) is 0. The smallest absolute Gasteiger partial charge is 0.263 e. The number of nitriles is 1. The average Bonchev–Trinajstić information content (AvgIpc) is 2.54. The highest BCUT2D eigenvalue weighted by Crippen LogP contribution is 2.04. The minimum Gasteiger partial charge on any atom is -0.390 e. The summed E-state index contributed by atoms with van der Waals surface area (Å²) in [6.45, 7) is 4.67. The number of benzene rings is 1. The standard InChI is InChI=1S/C18H25N3O/c1-3-15(2)21-18(22)17(13-19)14-20-12-8-7-11-16-9-5-4-6-10-16/h4-6,9-10,14-15,20H,3,7-8,11-12H2,1-2H3,(H,21,22)/b17-14-. The first-order valence-corrected chi connectivity index (χ1v) is 7.85. The zero-order chi connectivity index (χ0) is 16.2. The van der Waals surface area contributed by atoms with Crippen LogP contribution in [-0.2, 0) is 11.2 Å². The van der Waals surface area contributed by atoms with Crippen molar-refractivity contribution in [2.75, 3.05) is 6.54 Å². The number of carbonyl (C=O) groups excluding carboxylic acids is 1. The van der Waals surface area contributed by atoms with E-state index in [0.29, 0.717) is 0 Å². The fourth-order valence-electron chi connectivity index (χ4n) is 1.93. The van der Waals surface area contributed by atoms with Gasteiger partial charge in [0.15, 0.2) is 0 Å². The molecular weight excluding hydrogens is 274 g/mol. The van der Waals surface area contributed by atoms with Gasteiger partial charge in [0.1, 0.15) is 11.6 Å². The van der Waals surface area contributed by atoms with Gasteiger partial charge >= 0.3 is 0 Å². The summed E-state index contributed by atoms with van der Waals surface area (Å²) in [6.07, 6.45) is 5.48. The summed E-state index contributed by atoms with van der Waals surface area (Å²) in [5, 5.41) is 14.8. The number of rotatable bonds is 9. The lowest BCUT2D eigenvalue weighted by Crippen LogP contribution is -2.33. The minimum absolute atomic E-state index is 0.0788. The van der Waals surface area contributed by atoms with Crippen LogP contribution in [0.25, 0.3) is 0 Å². The topological polar surface area (TPSA) is 64.9 Å². The number of aryl methyl sites for hydroxylation is 1. The van der Waals surface area contributed by atoms with Crippen LogP contribution in [-0.4, -0.2) is 18.5 Å². The van der Waals surface area contributed by atoms with Crippen molar-refractivity contribution in [3.05, 3.63) is 47.7 Å². The zero-order valence-electron chi connectivity index (χ0n) is 13.4. The molecule has 22 heavy (non-hydrogen) atoms. The van der Waals surface area contributed by atoms with Crippen molar-refractivity contribution < 1.29 is 4.79 Å². The third-order valence-corrected chi connectivity index (χ3v) is 3.48. The Labute approximate surface area is 133 Å². The molecule has 0 aliphatic carbocycles. The molecule has 4 heteroatoms. The largest absolute Gasteiger partial charge is 0.390 e. The molecule has 0 radical (unpaired) electrons. The summed E-state index contributed by atoms with van der Waals surface area (Å²) in [5.74, 6) is -0.311. The summed E-state index contributed by atoms with van der Waals surface area (Å²) in [6, 6.07) is 12.4. The number of nitrogens with one attached hydrogen (secondary N) is 2. The van der Waals surface area contributed by atoms with E-state index in [0.717, 1.165) is 32.2 Å². The lowest BCUT2D eigenvalue weighted by Gasteiger charge is -2.10. The summed E-state index contributed by atoms with van der Waals surface area (Å²) >= 11 is 0. The Balaban J connectivity index is 2.25. The van der Waals surface area contributed by atoms with E-state index in [1.807, 2.05) is 38.1 Å². The quantitative estimate of drug-likeness (QED) is 0.418. The van der Waals surface area contributed by atoms with E-state index in [4.69, 9.17) is 5.26 Å². The second kappa shape index (κ2) is 10.4. The van der Waals surface area contributed by atoms with E-state index in [1.165, 1.54) is 11.8 Å². The molecule has 1 unspecified atom stereocenters. The molecule has 4 nitrogen and oxygen atoms in total. The molecule has 0 saturated carbocycles. The van der Waals surface area contributed by atoms with E-state index in [1.54, 1.807) is 0 Å². The molecule has 0 aliphatic rings. The third-order valence-electron chi connectivity index (χ3n) is 3.48. The van der Waals surface area contributed by atoms with Crippen molar-refractivity contribution in [2.45, 2.75) is 45.6 Å². The van der Waals surface area contributed by atoms with E-state index in [9.17, 15) is 4.79 Å². The maximum absolute atomic E-state index is 11.8. The summed E-state index contributed by atoms with van der Waals surface area (Å²) in [4.78, 5) is 11.8. The molecule has 1 rings (SSSR count). The lowest BCUT2D eigenvalue weighted by molar-refractivity contribution is -0.117. The highest BCUT2D eigenvalue weighted by molar-refractivity contribution is 5.97. The minimum atomic E-state index is -0.311. The van der Waals surface area contributed by atoms with Gasteiger partial charge in [-0.3, -0.25) is 4.79 Å². The van der Waals surface area contributed by atoms with Crippen molar-refractivity contribution in [1.29, 1.82) is 5.26 Å². The number of carbonyl (C=O) groups is 1. The third kappa shape index (κ3) is 6.94. The van der Waals surface area contributed by atoms with Crippen LogP contribution >= 0.6 is 0 Å². The van der Waals surface area contributed by atoms with Gasteiger partial charge < -0.3 is 10.6 Å². The second-order valence-electron chi connectivity index (χ2n) is 5.35. The molecule has 0 saturated heterocycles. The van der Waals surface area contributed by atoms with E-state index in [-0.39, 0.29) is 17.5 Å².